The maximum atomic E-state index is 11.1. The topological polar surface area (TPSA) is 9.23 Å². The van der Waals surface area contributed by atoms with E-state index in [1.54, 1.807) is 0 Å². The quantitative estimate of drug-likeness (QED) is 0.544. The lowest BCUT2D eigenvalue weighted by Gasteiger charge is -2.03. The molecular weight excluding hydrogens is 121 g/mol. The second kappa shape index (κ2) is 2.91. The summed E-state index contributed by atoms with van der Waals surface area (Å²) in [6.07, 6.45) is -4.21. The molecule has 0 amide bonds. The van der Waals surface area contributed by atoms with Crippen molar-refractivity contribution in [1.82, 2.24) is 0 Å². The molecule has 0 N–H and O–H groups in total. The molecule has 0 aliphatic rings. The summed E-state index contributed by atoms with van der Waals surface area (Å²) in [5.41, 5.74) is 0. The molecule has 0 aromatic carbocycles. The SMILES string of the molecule is [CH2]COCC(F)(F)F. The summed E-state index contributed by atoms with van der Waals surface area (Å²) >= 11 is 0. The van der Waals surface area contributed by atoms with Crippen molar-refractivity contribution in [1.29, 1.82) is 0 Å². The molecule has 0 heterocycles. The van der Waals surface area contributed by atoms with Gasteiger partial charge in [0.25, 0.3) is 0 Å². The van der Waals surface area contributed by atoms with Crippen molar-refractivity contribution in [3.63, 3.8) is 0 Å². The summed E-state index contributed by atoms with van der Waals surface area (Å²) in [6.45, 7) is 1.73. The van der Waals surface area contributed by atoms with E-state index in [2.05, 4.69) is 11.7 Å². The molecule has 0 aliphatic carbocycles. The van der Waals surface area contributed by atoms with Gasteiger partial charge in [0.2, 0.25) is 0 Å². The molecule has 0 aliphatic heterocycles. The van der Waals surface area contributed by atoms with Crippen molar-refractivity contribution in [3.05, 3.63) is 6.92 Å². The van der Waals surface area contributed by atoms with Gasteiger partial charge in [-0.1, -0.05) is 0 Å². The van der Waals surface area contributed by atoms with Crippen LogP contribution in [0.5, 0.6) is 0 Å². The molecule has 0 bridgehead atoms. The van der Waals surface area contributed by atoms with E-state index in [9.17, 15) is 13.2 Å². The van der Waals surface area contributed by atoms with Crippen LogP contribution in [-0.4, -0.2) is 19.4 Å². The minimum absolute atomic E-state index is 0.139. The Kier molecular flexibility index (Phi) is 2.82. The van der Waals surface area contributed by atoms with E-state index in [1.807, 2.05) is 0 Å². The van der Waals surface area contributed by atoms with E-state index in [4.69, 9.17) is 0 Å². The van der Waals surface area contributed by atoms with Crippen molar-refractivity contribution >= 4 is 0 Å². The largest absolute Gasteiger partial charge is 0.411 e. The minimum Gasteiger partial charge on any atom is -0.372 e. The fraction of sp³-hybridized carbons (Fsp3) is 0.750. The molecular formula is C4H6F3O. The highest BCUT2D eigenvalue weighted by Crippen LogP contribution is 2.13. The molecule has 1 nitrogen and oxygen atoms in total. The number of rotatable bonds is 2. The molecule has 0 aromatic heterocycles. The lowest BCUT2D eigenvalue weighted by atomic mass is 10.7. The lowest BCUT2D eigenvalue weighted by molar-refractivity contribution is -0.171. The third-order valence-electron chi connectivity index (χ3n) is 0.410. The number of alkyl halides is 3. The molecule has 49 valence electrons. The van der Waals surface area contributed by atoms with Crippen LogP contribution in [0.2, 0.25) is 0 Å². The minimum atomic E-state index is -4.21. The monoisotopic (exact) mass is 127 g/mol. The molecule has 0 spiro atoms. The second-order valence-electron chi connectivity index (χ2n) is 1.17. The van der Waals surface area contributed by atoms with Crippen LogP contribution in [0, 0.1) is 6.92 Å². The van der Waals surface area contributed by atoms with Crippen LogP contribution in [0.25, 0.3) is 0 Å². The standard InChI is InChI=1S/C4H6F3O/c1-2-8-3-4(5,6)7/h1-3H2. The smallest absolute Gasteiger partial charge is 0.372 e. The Morgan fingerprint density at radius 1 is 1.38 bits per heavy atom. The maximum absolute atomic E-state index is 11.1. The van der Waals surface area contributed by atoms with Gasteiger partial charge in [0, 0.05) is 6.61 Å². The van der Waals surface area contributed by atoms with Gasteiger partial charge in [-0.25, -0.2) is 0 Å². The Morgan fingerprint density at radius 3 is 2.00 bits per heavy atom. The molecule has 1 radical (unpaired) electrons. The zero-order valence-corrected chi connectivity index (χ0v) is 4.16. The molecule has 4 heteroatoms. The second-order valence-corrected chi connectivity index (χ2v) is 1.17. The van der Waals surface area contributed by atoms with E-state index in [0.29, 0.717) is 0 Å². The van der Waals surface area contributed by atoms with E-state index in [-0.39, 0.29) is 6.61 Å². The van der Waals surface area contributed by atoms with Gasteiger partial charge in [0.05, 0.1) is 0 Å². The van der Waals surface area contributed by atoms with E-state index in [1.165, 1.54) is 0 Å². The Hall–Kier alpha value is -0.250. The molecule has 8 heavy (non-hydrogen) atoms. The average Bonchev–Trinajstić information content (AvgIpc) is 1.59. The Bertz CT molecular complexity index is 58.8. The Balaban J connectivity index is 3.11. The highest BCUT2D eigenvalue weighted by atomic mass is 19.4. The summed E-state index contributed by atoms with van der Waals surface area (Å²) in [4.78, 5) is 0. The zero-order chi connectivity index (χ0) is 6.62. The van der Waals surface area contributed by atoms with Crippen LogP contribution >= 0.6 is 0 Å². The normalized spacial score (nSPS) is 12.0. The lowest BCUT2D eigenvalue weighted by Crippen LogP contribution is -2.16. The first-order valence-electron chi connectivity index (χ1n) is 2.00. The van der Waals surface area contributed by atoms with Crippen LogP contribution in [0.1, 0.15) is 0 Å². The van der Waals surface area contributed by atoms with Gasteiger partial charge in [-0.3, -0.25) is 0 Å². The summed E-state index contributed by atoms with van der Waals surface area (Å²) < 4.78 is 37.2. The van der Waals surface area contributed by atoms with Crippen molar-refractivity contribution in [3.8, 4) is 0 Å². The van der Waals surface area contributed by atoms with Gasteiger partial charge < -0.3 is 4.74 Å². The van der Waals surface area contributed by atoms with Crippen molar-refractivity contribution < 1.29 is 17.9 Å². The van der Waals surface area contributed by atoms with Crippen LogP contribution in [-0.2, 0) is 4.74 Å². The third-order valence-corrected chi connectivity index (χ3v) is 0.410. The van der Waals surface area contributed by atoms with Gasteiger partial charge in [-0.05, 0) is 6.92 Å². The molecule has 0 rings (SSSR count). The molecule has 0 saturated carbocycles. The Labute approximate surface area is 45.4 Å². The van der Waals surface area contributed by atoms with Gasteiger partial charge >= 0.3 is 6.18 Å². The molecule has 0 aromatic rings. The van der Waals surface area contributed by atoms with Gasteiger partial charge in [-0.15, -0.1) is 0 Å². The van der Waals surface area contributed by atoms with E-state index in [0.717, 1.165) is 0 Å². The van der Waals surface area contributed by atoms with Crippen LogP contribution < -0.4 is 0 Å². The fourth-order valence-electron chi connectivity index (χ4n) is 0.188. The highest BCUT2D eigenvalue weighted by Gasteiger charge is 2.26. The van der Waals surface area contributed by atoms with Gasteiger partial charge in [-0.2, -0.15) is 13.2 Å². The molecule has 0 saturated heterocycles. The van der Waals surface area contributed by atoms with Crippen LogP contribution in [0.3, 0.4) is 0 Å². The van der Waals surface area contributed by atoms with Crippen molar-refractivity contribution in [2.75, 3.05) is 13.2 Å². The molecule has 0 atom stereocenters. The van der Waals surface area contributed by atoms with Crippen molar-refractivity contribution in [2.45, 2.75) is 6.18 Å². The van der Waals surface area contributed by atoms with Crippen LogP contribution in [0.4, 0.5) is 13.2 Å². The van der Waals surface area contributed by atoms with Crippen molar-refractivity contribution in [2.24, 2.45) is 0 Å². The zero-order valence-electron chi connectivity index (χ0n) is 4.16. The summed E-state index contributed by atoms with van der Waals surface area (Å²) in [6, 6.07) is 0. The first-order valence-corrected chi connectivity index (χ1v) is 2.00. The van der Waals surface area contributed by atoms with Gasteiger partial charge in [0.15, 0.2) is 0 Å². The predicted octanol–water partition coefficient (Wildman–Crippen LogP) is 1.40. The number of halogens is 3. The number of hydrogen-bond donors (Lipinski definition) is 0. The molecule has 0 fully saturated rings. The average molecular weight is 127 g/mol. The molecule has 0 unspecified atom stereocenters. The first kappa shape index (κ1) is 7.75. The summed E-state index contributed by atoms with van der Waals surface area (Å²) in [5, 5.41) is 0. The van der Waals surface area contributed by atoms with Crippen LogP contribution in [0.15, 0.2) is 0 Å². The van der Waals surface area contributed by atoms with Gasteiger partial charge in [0.1, 0.15) is 6.61 Å². The number of ether oxygens (including phenoxy) is 1. The summed E-state index contributed by atoms with van der Waals surface area (Å²) in [5.74, 6) is 0. The predicted molar refractivity (Wildman–Crippen MR) is 22.2 cm³/mol. The Morgan fingerprint density at radius 2 is 1.88 bits per heavy atom. The first-order chi connectivity index (χ1) is 3.56. The highest BCUT2D eigenvalue weighted by molar-refractivity contribution is 4.45. The summed E-state index contributed by atoms with van der Waals surface area (Å²) in [7, 11) is 0. The number of hydrogen-bond acceptors (Lipinski definition) is 1. The maximum Gasteiger partial charge on any atom is 0.411 e. The third kappa shape index (κ3) is 5.75. The van der Waals surface area contributed by atoms with E-state index >= 15 is 0 Å². The fourth-order valence-corrected chi connectivity index (χ4v) is 0.188. The van der Waals surface area contributed by atoms with E-state index < -0.39 is 12.8 Å².